The molecule has 4 nitrogen and oxygen atoms in total. The van der Waals surface area contributed by atoms with Crippen LogP contribution >= 0.6 is 11.8 Å². The second-order valence-electron chi connectivity index (χ2n) is 5.21. The first kappa shape index (κ1) is 16.0. The van der Waals surface area contributed by atoms with Crippen LogP contribution in [0.3, 0.4) is 0 Å². The molecule has 0 fully saturated rings. The van der Waals surface area contributed by atoms with Gasteiger partial charge in [-0.2, -0.15) is 16.9 Å². The second kappa shape index (κ2) is 7.61. The molecule has 2 aromatic heterocycles. The molecule has 2 heterocycles. The number of rotatable bonds is 8. The van der Waals surface area contributed by atoms with Gasteiger partial charge >= 0.3 is 0 Å². The quantitative estimate of drug-likeness (QED) is 0.784. The molecule has 0 aliphatic heterocycles. The lowest BCUT2D eigenvalue weighted by atomic mass is 10.0. The zero-order valence-electron chi connectivity index (χ0n) is 13.0. The molecular formula is C16H24N4S. The van der Waals surface area contributed by atoms with Crippen molar-refractivity contribution in [2.75, 3.05) is 12.8 Å². The van der Waals surface area contributed by atoms with Crippen LogP contribution in [0.2, 0.25) is 0 Å². The summed E-state index contributed by atoms with van der Waals surface area (Å²) in [6, 6.07) is 3.99. The average Bonchev–Trinajstić information content (AvgIpc) is 3.01. The lowest BCUT2D eigenvalue weighted by molar-refractivity contribution is 0.495. The Hall–Kier alpha value is -1.33. The van der Waals surface area contributed by atoms with Crippen molar-refractivity contribution < 1.29 is 0 Å². The van der Waals surface area contributed by atoms with Gasteiger partial charge in [0.15, 0.2) is 0 Å². The van der Waals surface area contributed by atoms with E-state index in [1.807, 2.05) is 36.3 Å². The number of aromatic nitrogens is 3. The van der Waals surface area contributed by atoms with Gasteiger partial charge in [-0.3, -0.25) is 10.1 Å². The van der Waals surface area contributed by atoms with Crippen LogP contribution in [0.15, 0.2) is 30.7 Å². The first-order valence-electron chi connectivity index (χ1n) is 7.43. The van der Waals surface area contributed by atoms with Crippen molar-refractivity contribution in [2.45, 2.75) is 38.0 Å². The van der Waals surface area contributed by atoms with E-state index in [9.17, 15) is 0 Å². The van der Waals surface area contributed by atoms with Crippen molar-refractivity contribution in [3.63, 3.8) is 0 Å². The number of thioether (sulfide) groups is 1. The zero-order chi connectivity index (χ0) is 15.1. The third kappa shape index (κ3) is 3.86. The summed E-state index contributed by atoms with van der Waals surface area (Å²) in [4.78, 5) is 4.17. The number of hydrogen-bond donors (Lipinski definition) is 2. The molecule has 0 saturated carbocycles. The van der Waals surface area contributed by atoms with E-state index < -0.39 is 0 Å². The summed E-state index contributed by atoms with van der Waals surface area (Å²) in [7, 11) is 0. The molecule has 2 aromatic rings. The highest BCUT2D eigenvalue weighted by atomic mass is 32.2. The van der Waals surface area contributed by atoms with Gasteiger partial charge in [-0.05, 0) is 31.2 Å². The monoisotopic (exact) mass is 304 g/mol. The number of nitrogens with one attached hydrogen (secondary N) is 2. The van der Waals surface area contributed by atoms with Gasteiger partial charge in [-0.25, -0.2) is 0 Å². The molecule has 21 heavy (non-hydrogen) atoms. The van der Waals surface area contributed by atoms with Gasteiger partial charge in [-0.1, -0.05) is 13.8 Å². The van der Waals surface area contributed by atoms with Crippen LogP contribution in [0, 0.1) is 0 Å². The SMILES string of the molecule is CCC(CC)(CNCc1cn[nH]c1-c1cccnc1)SC. The Labute approximate surface area is 131 Å². The van der Waals surface area contributed by atoms with E-state index in [2.05, 4.69) is 40.6 Å². The molecule has 2 rings (SSSR count). The van der Waals surface area contributed by atoms with Crippen LogP contribution < -0.4 is 5.32 Å². The molecule has 0 amide bonds. The Morgan fingerprint density at radius 3 is 2.71 bits per heavy atom. The fourth-order valence-electron chi connectivity index (χ4n) is 2.49. The Balaban J connectivity index is 2.01. The molecule has 2 N–H and O–H groups in total. The van der Waals surface area contributed by atoms with E-state index in [0.717, 1.165) is 24.3 Å². The molecule has 0 spiro atoms. The van der Waals surface area contributed by atoms with E-state index in [1.165, 1.54) is 18.4 Å². The van der Waals surface area contributed by atoms with Crippen molar-refractivity contribution >= 4 is 11.8 Å². The normalized spacial score (nSPS) is 11.8. The number of nitrogens with zero attached hydrogens (tertiary/aromatic N) is 2. The lowest BCUT2D eigenvalue weighted by Crippen LogP contribution is -2.36. The summed E-state index contributed by atoms with van der Waals surface area (Å²) >= 11 is 1.96. The maximum atomic E-state index is 4.18. The topological polar surface area (TPSA) is 53.6 Å². The van der Waals surface area contributed by atoms with Crippen LogP contribution in [-0.2, 0) is 6.54 Å². The highest BCUT2D eigenvalue weighted by Gasteiger charge is 2.24. The van der Waals surface area contributed by atoms with Crippen LogP contribution in [0.1, 0.15) is 32.3 Å². The molecule has 5 heteroatoms. The Kier molecular flexibility index (Phi) is 5.82. The number of aromatic amines is 1. The smallest absolute Gasteiger partial charge is 0.0710 e. The molecule has 114 valence electrons. The third-order valence-electron chi connectivity index (χ3n) is 4.15. The minimum absolute atomic E-state index is 0.332. The van der Waals surface area contributed by atoms with Crippen molar-refractivity contribution in [3.05, 3.63) is 36.3 Å². The summed E-state index contributed by atoms with van der Waals surface area (Å²) in [5.41, 5.74) is 3.32. The number of pyridine rings is 1. The predicted octanol–water partition coefficient (Wildman–Crippen LogP) is 3.48. The summed E-state index contributed by atoms with van der Waals surface area (Å²) in [6.45, 7) is 6.36. The maximum absolute atomic E-state index is 4.18. The second-order valence-corrected chi connectivity index (χ2v) is 6.48. The lowest BCUT2D eigenvalue weighted by Gasteiger charge is -2.30. The standard InChI is InChI=1S/C16H24N4S/c1-4-16(5-2,21-3)12-18-10-14-11-19-20-15(14)13-7-6-8-17-9-13/h6-9,11,18H,4-5,10,12H2,1-3H3,(H,19,20). The van der Waals surface area contributed by atoms with E-state index in [0.29, 0.717) is 4.75 Å². The predicted molar refractivity (Wildman–Crippen MR) is 90.4 cm³/mol. The Morgan fingerprint density at radius 1 is 1.29 bits per heavy atom. The number of H-pyrrole nitrogens is 1. The number of hydrogen-bond acceptors (Lipinski definition) is 4. The van der Waals surface area contributed by atoms with E-state index in [-0.39, 0.29) is 0 Å². The summed E-state index contributed by atoms with van der Waals surface area (Å²) in [5, 5.41) is 10.8. The van der Waals surface area contributed by atoms with Gasteiger partial charge in [0.05, 0.1) is 11.9 Å². The Morgan fingerprint density at radius 2 is 2.10 bits per heavy atom. The third-order valence-corrected chi connectivity index (χ3v) is 5.74. The van der Waals surface area contributed by atoms with Crippen molar-refractivity contribution in [1.82, 2.24) is 20.5 Å². The van der Waals surface area contributed by atoms with Crippen molar-refractivity contribution in [1.29, 1.82) is 0 Å². The first-order chi connectivity index (χ1) is 10.2. The van der Waals surface area contributed by atoms with Gasteiger partial charge in [0.25, 0.3) is 0 Å². The fourth-order valence-corrected chi connectivity index (χ4v) is 3.32. The first-order valence-corrected chi connectivity index (χ1v) is 8.65. The highest BCUT2D eigenvalue weighted by Crippen LogP contribution is 2.29. The molecule has 0 bridgehead atoms. The largest absolute Gasteiger partial charge is 0.311 e. The van der Waals surface area contributed by atoms with Crippen LogP contribution in [0.25, 0.3) is 11.3 Å². The van der Waals surface area contributed by atoms with Gasteiger partial charge in [0.1, 0.15) is 0 Å². The maximum Gasteiger partial charge on any atom is 0.0710 e. The molecule has 0 aliphatic rings. The van der Waals surface area contributed by atoms with Crippen LogP contribution in [0.4, 0.5) is 0 Å². The zero-order valence-corrected chi connectivity index (χ0v) is 13.8. The minimum atomic E-state index is 0.332. The molecule has 0 saturated heterocycles. The van der Waals surface area contributed by atoms with Gasteiger partial charge < -0.3 is 5.32 Å². The van der Waals surface area contributed by atoms with Crippen molar-refractivity contribution in [2.24, 2.45) is 0 Å². The fraction of sp³-hybridized carbons (Fsp3) is 0.500. The average molecular weight is 304 g/mol. The van der Waals surface area contributed by atoms with Crippen molar-refractivity contribution in [3.8, 4) is 11.3 Å². The van der Waals surface area contributed by atoms with Gasteiger partial charge in [0.2, 0.25) is 0 Å². The molecular weight excluding hydrogens is 280 g/mol. The summed E-state index contributed by atoms with van der Waals surface area (Å²) in [6.07, 6.45) is 10.1. The summed E-state index contributed by atoms with van der Waals surface area (Å²) < 4.78 is 0.332. The molecule has 0 aliphatic carbocycles. The van der Waals surface area contributed by atoms with Gasteiger partial charge in [-0.15, -0.1) is 0 Å². The van der Waals surface area contributed by atoms with E-state index in [1.54, 1.807) is 6.20 Å². The molecule has 0 unspecified atom stereocenters. The molecule has 0 radical (unpaired) electrons. The van der Waals surface area contributed by atoms with E-state index >= 15 is 0 Å². The Bertz CT molecular complexity index is 526. The molecule has 0 atom stereocenters. The van der Waals surface area contributed by atoms with Crippen LogP contribution in [-0.4, -0.2) is 32.7 Å². The summed E-state index contributed by atoms with van der Waals surface area (Å²) in [5.74, 6) is 0. The van der Waals surface area contributed by atoms with Gasteiger partial charge in [0, 0.05) is 41.4 Å². The molecule has 0 aromatic carbocycles. The highest BCUT2D eigenvalue weighted by molar-refractivity contribution is 8.00. The minimum Gasteiger partial charge on any atom is -0.311 e. The van der Waals surface area contributed by atoms with E-state index in [4.69, 9.17) is 0 Å². The van der Waals surface area contributed by atoms with Crippen LogP contribution in [0.5, 0.6) is 0 Å².